The van der Waals surface area contributed by atoms with Crippen molar-refractivity contribution >= 4 is 23.3 Å². The van der Waals surface area contributed by atoms with Crippen LogP contribution in [0.5, 0.6) is 0 Å². The number of nitrogens with one attached hydrogen (secondary N) is 1. The largest absolute Gasteiger partial charge is 0.463 e. The first kappa shape index (κ1) is 16.9. The first-order valence-electron chi connectivity index (χ1n) is 8.08. The molecule has 5 nitrogen and oxygen atoms in total. The van der Waals surface area contributed by atoms with Crippen LogP contribution in [-0.2, 0) is 11.3 Å². The summed E-state index contributed by atoms with van der Waals surface area (Å²) in [5, 5.41) is 0.774. The minimum Gasteiger partial charge on any atom is -0.463 e. The van der Waals surface area contributed by atoms with Crippen LogP contribution < -0.4 is 9.80 Å². The summed E-state index contributed by atoms with van der Waals surface area (Å²) in [5.74, 6) is 0.648. The van der Waals surface area contributed by atoms with E-state index in [1.54, 1.807) is 6.07 Å². The molecule has 24 heavy (non-hydrogen) atoms. The second kappa shape index (κ2) is 7.28. The molecule has 2 heterocycles. The van der Waals surface area contributed by atoms with Gasteiger partial charge in [0, 0.05) is 10.7 Å². The molecule has 1 aromatic carbocycles. The van der Waals surface area contributed by atoms with Gasteiger partial charge in [0.2, 0.25) is 5.76 Å². The molecule has 0 radical (unpaired) electrons. The summed E-state index contributed by atoms with van der Waals surface area (Å²) in [6, 6.07) is 9.56. The Kier molecular flexibility index (Phi) is 5.11. The summed E-state index contributed by atoms with van der Waals surface area (Å²) in [7, 11) is 1.35. The van der Waals surface area contributed by atoms with E-state index in [2.05, 4.69) is 22.6 Å². The number of benzene rings is 1. The maximum absolute atomic E-state index is 11.4. The van der Waals surface area contributed by atoms with Gasteiger partial charge in [-0.05, 0) is 36.8 Å². The number of piperazine rings is 1. The molecule has 0 atom stereocenters. The Balaban J connectivity index is 1.58. The number of quaternary nitrogens is 1. The smallest absolute Gasteiger partial charge is 0.373 e. The average Bonchev–Trinajstić information content (AvgIpc) is 3.05. The van der Waals surface area contributed by atoms with Gasteiger partial charge >= 0.3 is 5.97 Å². The summed E-state index contributed by atoms with van der Waals surface area (Å²) >= 11 is 6.13. The third-order valence-corrected chi connectivity index (χ3v) is 4.69. The van der Waals surface area contributed by atoms with E-state index in [0.29, 0.717) is 0 Å². The third-order valence-electron chi connectivity index (χ3n) is 4.45. The van der Waals surface area contributed by atoms with Crippen molar-refractivity contribution in [2.75, 3.05) is 38.2 Å². The van der Waals surface area contributed by atoms with E-state index >= 15 is 0 Å². The van der Waals surface area contributed by atoms with Gasteiger partial charge in [-0.3, -0.25) is 0 Å². The number of hydrogen-bond acceptors (Lipinski definition) is 4. The number of halogens is 1. The molecule has 0 aliphatic carbocycles. The Morgan fingerprint density at radius 3 is 2.75 bits per heavy atom. The minimum absolute atomic E-state index is 0.264. The van der Waals surface area contributed by atoms with Crippen LogP contribution in [0.1, 0.15) is 21.9 Å². The molecule has 1 aliphatic heterocycles. The molecule has 1 N–H and O–H groups in total. The van der Waals surface area contributed by atoms with Gasteiger partial charge in [0.05, 0.1) is 33.3 Å². The van der Waals surface area contributed by atoms with Gasteiger partial charge in [-0.25, -0.2) is 4.79 Å². The molecule has 6 heteroatoms. The van der Waals surface area contributed by atoms with Crippen molar-refractivity contribution < 1.29 is 18.8 Å². The molecule has 1 saturated heterocycles. The van der Waals surface area contributed by atoms with Gasteiger partial charge in [0.1, 0.15) is 6.54 Å². The molecule has 1 aliphatic rings. The van der Waals surface area contributed by atoms with E-state index in [9.17, 15) is 4.79 Å². The number of esters is 1. The highest BCUT2D eigenvalue weighted by molar-refractivity contribution is 6.30. The summed E-state index contributed by atoms with van der Waals surface area (Å²) < 4.78 is 10.2. The van der Waals surface area contributed by atoms with Crippen molar-refractivity contribution in [3.63, 3.8) is 0 Å². The lowest BCUT2D eigenvalue weighted by molar-refractivity contribution is -0.915. The van der Waals surface area contributed by atoms with Gasteiger partial charge in [-0.15, -0.1) is 0 Å². The molecular weight excluding hydrogens is 328 g/mol. The second-order valence-electron chi connectivity index (χ2n) is 6.10. The van der Waals surface area contributed by atoms with Crippen LogP contribution in [0.3, 0.4) is 0 Å². The number of rotatable bonds is 4. The first-order valence-corrected chi connectivity index (χ1v) is 8.46. The van der Waals surface area contributed by atoms with Crippen molar-refractivity contribution in [3.8, 4) is 0 Å². The van der Waals surface area contributed by atoms with Gasteiger partial charge in [0.15, 0.2) is 5.76 Å². The predicted octanol–water partition coefficient (Wildman–Crippen LogP) is 1.93. The molecule has 0 saturated carbocycles. The highest BCUT2D eigenvalue weighted by Gasteiger charge is 2.23. The molecule has 0 spiro atoms. The summed E-state index contributed by atoms with van der Waals surface area (Å²) in [5.41, 5.74) is 2.46. The van der Waals surface area contributed by atoms with Crippen LogP contribution >= 0.6 is 11.6 Å². The Morgan fingerprint density at radius 2 is 2.04 bits per heavy atom. The van der Waals surface area contributed by atoms with E-state index in [4.69, 9.17) is 16.0 Å². The van der Waals surface area contributed by atoms with E-state index in [-0.39, 0.29) is 5.76 Å². The Morgan fingerprint density at radius 1 is 1.29 bits per heavy atom. The molecule has 2 aromatic rings. The molecule has 128 valence electrons. The van der Waals surface area contributed by atoms with Crippen LogP contribution in [0, 0.1) is 6.92 Å². The van der Waals surface area contributed by atoms with Crippen LogP contribution in [-0.4, -0.2) is 39.3 Å². The lowest BCUT2D eigenvalue weighted by Gasteiger charge is -2.34. The molecule has 1 aromatic heterocycles. The number of anilines is 1. The lowest BCUT2D eigenvalue weighted by Crippen LogP contribution is -3.13. The number of aryl methyl sites for hydroxylation is 1. The summed E-state index contributed by atoms with van der Waals surface area (Å²) in [6.07, 6.45) is 0. The maximum Gasteiger partial charge on any atom is 0.373 e. The Bertz CT molecular complexity index is 721. The fraction of sp³-hybridized carbons (Fsp3) is 0.389. The topological polar surface area (TPSA) is 47.1 Å². The van der Waals surface area contributed by atoms with Crippen LogP contribution in [0.2, 0.25) is 5.02 Å². The van der Waals surface area contributed by atoms with Crippen LogP contribution in [0.25, 0.3) is 0 Å². The lowest BCUT2D eigenvalue weighted by atomic mass is 10.1. The fourth-order valence-corrected chi connectivity index (χ4v) is 3.26. The Labute approximate surface area is 146 Å². The number of methoxy groups -OCH3 is 1. The van der Waals surface area contributed by atoms with E-state index in [1.165, 1.54) is 23.3 Å². The van der Waals surface area contributed by atoms with Gasteiger partial charge in [0.25, 0.3) is 0 Å². The number of furan rings is 1. The zero-order valence-corrected chi connectivity index (χ0v) is 14.7. The summed E-state index contributed by atoms with van der Waals surface area (Å²) in [4.78, 5) is 15.3. The predicted molar refractivity (Wildman–Crippen MR) is 92.9 cm³/mol. The normalized spacial score (nSPS) is 15.5. The molecular formula is C18H22ClN2O3+. The average molecular weight is 350 g/mol. The van der Waals surface area contributed by atoms with Crippen molar-refractivity contribution in [1.29, 1.82) is 0 Å². The highest BCUT2D eigenvalue weighted by atomic mass is 35.5. The zero-order chi connectivity index (χ0) is 17.1. The van der Waals surface area contributed by atoms with E-state index in [1.807, 2.05) is 18.2 Å². The summed E-state index contributed by atoms with van der Waals surface area (Å²) in [6.45, 7) is 6.87. The molecule has 0 bridgehead atoms. The number of nitrogens with zero attached hydrogens (tertiary/aromatic N) is 1. The molecule has 0 unspecified atom stereocenters. The standard InChI is InChI=1S/C18H21ClN2O3/c1-13-3-4-14(19)11-16(13)21-9-7-20(8-10-21)12-15-5-6-17(24-15)18(22)23-2/h3-6,11H,7-10,12H2,1-2H3/p+1. The second-order valence-corrected chi connectivity index (χ2v) is 6.54. The number of ether oxygens (including phenoxy) is 1. The molecule has 3 rings (SSSR count). The zero-order valence-electron chi connectivity index (χ0n) is 14.0. The van der Waals surface area contributed by atoms with Gasteiger partial charge in [-0.2, -0.15) is 0 Å². The van der Waals surface area contributed by atoms with Crippen molar-refractivity contribution in [1.82, 2.24) is 0 Å². The highest BCUT2D eigenvalue weighted by Crippen LogP contribution is 2.24. The minimum atomic E-state index is -0.433. The van der Waals surface area contributed by atoms with Crippen LogP contribution in [0.15, 0.2) is 34.7 Å². The number of hydrogen-bond donors (Lipinski definition) is 1. The maximum atomic E-state index is 11.4. The van der Waals surface area contributed by atoms with Crippen molar-refractivity contribution in [2.24, 2.45) is 0 Å². The van der Waals surface area contributed by atoms with Crippen molar-refractivity contribution in [2.45, 2.75) is 13.5 Å². The van der Waals surface area contributed by atoms with E-state index < -0.39 is 5.97 Å². The monoisotopic (exact) mass is 349 g/mol. The SMILES string of the molecule is COC(=O)c1ccc(C[NH+]2CCN(c3cc(Cl)ccc3C)CC2)o1. The van der Waals surface area contributed by atoms with Crippen molar-refractivity contribution in [3.05, 3.63) is 52.4 Å². The van der Waals surface area contributed by atoms with Gasteiger partial charge < -0.3 is 19.0 Å². The molecule has 0 amide bonds. The quantitative estimate of drug-likeness (QED) is 0.857. The van der Waals surface area contributed by atoms with Crippen LogP contribution in [0.4, 0.5) is 5.69 Å². The third kappa shape index (κ3) is 3.74. The van der Waals surface area contributed by atoms with Gasteiger partial charge in [-0.1, -0.05) is 17.7 Å². The molecule has 1 fully saturated rings. The number of carbonyl (C=O) groups excluding carboxylic acids is 1. The fourth-order valence-electron chi connectivity index (χ4n) is 3.09. The first-order chi connectivity index (χ1) is 11.6. The van der Waals surface area contributed by atoms with E-state index in [0.717, 1.165) is 43.5 Å². The Hall–Kier alpha value is -1.98. The number of carbonyl (C=O) groups is 1.